The van der Waals surface area contributed by atoms with Gasteiger partial charge in [0.25, 0.3) is 0 Å². The standard InChI is InChI=1S/C17H27NO3/c1-6-12(2)16(17(19)21-5)18-13(3)11-14-9-7-8-10-15(14)20-4/h7-10,12-13,16,18H,6,11H2,1-5H3. The van der Waals surface area contributed by atoms with Crippen LogP contribution in [0.5, 0.6) is 5.75 Å². The highest BCUT2D eigenvalue weighted by Crippen LogP contribution is 2.19. The van der Waals surface area contributed by atoms with Gasteiger partial charge in [-0.2, -0.15) is 0 Å². The first-order valence-corrected chi connectivity index (χ1v) is 7.49. The summed E-state index contributed by atoms with van der Waals surface area (Å²) in [7, 11) is 3.11. The molecule has 1 rings (SSSR count). The van der Waals surface area contributed by atoms with Gasteiger partial charge < -0.3 is 14.8 Å². The van der Waals surface area contributed by atoms with Gasteiger partial charge in [0.2, 0.25) is 0 Å². The van der Waals surface area contributed by atoms with E-state index in [4.69, 9.17) is 9.47 Å². The van der Waals surface area contributed by atoms with Crippen LogP contribution in [0.4, 0.5) is 0 Å². The predicted molar refractivity (Wildman–Crippen MR) is 84.6 cm³/mol. The maximum atomic E-state index is 11.9. The number of hydrogen-bond donors (Lipinski definition) is 1. The molecule has 118 valence electrons. The Hall–Kier alpha value is -1.55. The molecule has 0 aliphatic heterocycles. The molecule has 4 nitrogen and oxygen atoms in total. The minimum Gasteiger partial charge on any atom is -0.496 e. The zero-order chi connectivity index (χ0) is 15.8. The normalized spacial score (nSPS) is 15.1. The predicted octanol–water partition coefficient (Wildman–Crippen LogP) is 2.80. The third-order valence-corrected chi connectivity index (χ3v) is 3.85. The minimum atomic E-state index is -0.273. The average molecular weight is 293 g/mol. The maximum absolute atomic E-state index is 11.9. The van der Waals surface area contributed by atoms with E-state index in [1.54, 1.807) is 7.11 Å². The van der Waals surface area contributed by atoms with Gasteiger partial charge in [0.1, 0.15) is 11.8 Å². The molecule has 0 bridgehead atoms. The molecule has 3 atom stereocenters. The first-order valence-electron chi connectivity index (χ1n) is 7.49. The van der Waals surface area contributed by atoms with Crippen LogP contribution >= 0.6 is 0 Å². The Kier molecular flexibility index (Phi) is 7.23. The number of para-hydroxylation sites is 1. The van der Waals surface area contributed by atoms with Crippen LogP contribution in [-0.4, -0.2) is 32.3 Å². The van der Waals surface area contributed by atoms with Crippen LogP contribution in [0.2, 0.25) is 0 Å². The van der Waals surface area contributed by atoms with Gasteiger partial charge in [0.05, 0.1) is 14.2 Å². The second-order valence-corrected chi connectivity index (χ2v) is 5.47. The zero-order valence-corrected chi connectivity index (χ0v) is 13.7. The number of esters is 1. The fourth-order valence-corrected chi connectivity index (χ4v) is 2.39. The van der Waals surface area contributed by atoms with Gasteiger partial charge in [-0.3, -0.25) is 4.79 Å². The number of methoxy groups -OCH3 is 2. The molecule has 0 saturated heterocycles. The van der Waals surface area contributed by atoms with Gasteiger partial charge in [-0.25, -0.2) is 0 Å². The Labute approximate surface area is 127 Å². The van der Waals surface area contributed by atoms with Crippen molar-refractivity contribution >= 4 is 5.97 Å². The monoisotopic (exact) mass is 293 g/mol. The number of ether oxygens (including phenoxy) is 2. The van der Waals surface area contributed by atoms with E-state index in [-0.39, 0.29) is 24.0 Å². The average Bonchev–Trinajstić information content (AvgIpc) is 2.51. The van der Waals surface area contributed by atoms with E-state index in [1.165, 1.54) is 7.11 Å². The van der Waals surface area contributed by atoms with Crippen molar-refractivity contribution in [2.45, 2.75) is 45.7 Å². The highest BCUT2D eigenvalue weighted by Gasteiger charge is 2.26. The second-order valence-electron chi connectivity index (χ2n) is 5.47. The van der Waals surface area contributed by atoms with Crippen molar-refractivity contribution in [1.82, 2.24) is 5.32 Å². The van der Waals surface area contributed by atoms with Crippen LogP contribution in [0.25, 0.3) is 0 Å². The number of benzene rings is 1. The SMILES string of the molecule is CCC(C)C(NC(C)Cc1ccccc1OC)C(=O)OC. The summed E-state index contributed by atoms with van der Waals surface area (Å²) < 4.78 is 10.3. The highest BCUT2D eigenvalue weighted by molar-refractivity contribution is 5.76. The molecular formula is C17H27NO3. The summed E-state index contributed by atoms with van der Waals surface area (Å²) in [4.78, 5) is 11.9. The molecule has 1 N–H and O–H groups in total. The second kappa shape index (κ2) is 8.67. The van der Waals surface area contributed by atoms with Gasteiger partial charge in [0.15, 0.2) is 0 Å². The Balaban J connectivity index is 2.73. The molecular weight excluding hydrogens is 266 g/mol. The van der Waals surface area contributed by atoms with E-state index in [0.29, 0.717) is 0 Å². The van der Waals surface area contributed by atoms with Crippen molar-refractivity contribution < 1.29 is 14.3 Å². The molecule has 0 aliphatic rings. The van der Waals surface area contributed by atoms with Crippen LogP contribution < -0.4 is 10.1 Å². The van der Waals surface area contributed by atoms with E-state index in [9.17, 15) is 4.79 Å². The van der Waals surface area contributed by atoms with E-state index in [0.717, 1.165) is 24.2 Å². The smallest absolute Gasteiger partial charge is 0.323 e. The van der Waals surface area contributed by atoms with E-state index < -0.39 is 0 Å². The van der Waals surface area contributed by atoms with Crippen molar-refractivity contribution in [3.8, 4) is 5.75 Å². The lowest BCUT2D eigenvalue weighted by atomic mass is 9.97. The Morgan fingerprint density at radius 3 is 2.48 bits per heavy atom. The van der Waals surface area contributed by atoms with E-state index >= 15 is 0 Å². The number of nitrogens with one attached hydrogen (secondary N) is 1. The molecule has 0 amide bonds. The fraction of sp³-hybridized carbons (Fsp3) is 0.588. The molecule has 0 spiro atoms. The van der Waals surface area contributed by atoms with Crippen molar-refractivity contribution in [2.24, 2.45) is 5.92 Å². The van der Waals surface area contributed by atoms with Gasteiger partial charge in [0, 0.05) is 6.04 Å². The van der Waals surface area contributed by atoms with Crippen molar-refractivity contribution in [2.75, 3.05) is 14.2 Å². The van der Waals surface area contributed by atoms with Crippen molar-refractivity contribution in [3.63, 3.8) is 0 Å². The van der Waals surface area contributed by atoms with Crippen molar-refractivity contribution in [1.29, 1.82) is 0 Å². The third-order valence-electron chi connectivity index (χ3n) is 3.85. The maximum Gasteiger partial charge on any atom is 0.323 e. The first kappa shape index (κ1) is 17.5. The number of carbonyl (C=O) groups excluding carboxylic acids is 1. The Morgan fingerprint density at radius 2 is 1.90 bits per heavy atom. The lowest BCUT2D eigenvalue weighted by Crippen LogP contribution is -2.47. The third kappa shape index (κ3) is 5.05. The summed E-state index contributed by atoms with van der Waals surface area (Å²) in [6.45, 7) is 6.21. The van der Waals surface area contributed by atoms with Crippen molar-refractivity contribution in [3.05, 3.63) is 29.8 Å². The van der Waals surface area contributed by atoms with Crippen LogP contribution in [-0.2, 0) is 16.0 Å². The van der Waals surface area contributed by atoms with Crippen LogP contribution in [0, 0.1) is 5.92 Å². The quantitative estimate of drug-likeness (QED) is 0.749. The molecule has 0 aliphatic carbocycles. The number of hydrogen-bond acceptors (Lipinski definition) is 4. The summed E-state index contributed by atoms with van der Waals surface area (Å²) in [5.74, 6) is 0.915. The lowest BCUT2D eigenvalue weighted by molar-refractivity contribution is -0.144. The topological polar surface area (TPSA) is 47.6 Å². The zero-order valence-electron chi connectivity index (χ0n) is 13.7. The molecule has 4 heteroatoms. The van der Waals surface area contributed by atoms with E-state index in [2.05, 4.69) is 26.1 Å². The van der Waals surface area contributed by atoms with Gasteiger partial charge >= 0.3 is 5.97 Å². The molecule has 0 saturated carbocycles. The summed E-state index contributed by atoms with van der Waals surface area (Å²) >= 11 is 0. The summed E-state index contributed by atoms with van der Waals surface area (Å²) in [5.41, 5.74) is 1.13. The molecule has 3 unspecified atom stereocenters. The molecule has 0 heterocycles. The summed E-state index contributed by atoms with van der Waals surface area (Å²) in [6.07, 6.45) is 1.72. The van der Waals surface area contributed by atoms with Gasteiger partial charge in [-0.05, 0) is 30.9 Å². The van der Waals surface area contributed by atoms with Gasteiger partial charge in [-0.15, -0.1) is 0 Å². The number of rotatable bonds is 8. The largest absolute Gasteiger partial charge is 0.496 e. The first-order chi connectivity index (χ1) is 10.0. The van der Waals surface area contributed by atoms with Gasteiger partial charge in [-0.1, -0.05) is 38.5 Å². The number of carbonyl (C=O) groups is 1. The summed E-state index contributed by atoms with van der Waals surface area (Å²) in [6, 6.07) is 7.83. The van der Waals surface area contributed by atoms with Crippen LogP contribution in [0.3, 0.4) is 0 Å². The molecule has 0 aromatic heterocycles. The highest BCUT2D eigenvalue weighted by atomic mass is 16.5. The molecule has 1 aromatic carbocycles. The molecule has 0 radical (unpaired) electrons. The Morgan fingerprint density at radius 1 is 1.24 bits per heavy atom. The lowest BCUT2D eigenvalue weighted by Gasteiger charge is -2.26. The Bertz CT molecular complexity index is 447. The minimum absolute atomic E-state index is 0.152. The molecule has 1 aromatic rings. The summed E-state index contributed by atoms with van der Waals surface area (Å²) in [5, 5.41) is 3.39. The molecule has 0 fully saturated rings. The van der Waals surface area contributed by atoms with E-state index in [1.807, 2.05) is 24.3 Å². The molecule has 21 heavy (non-hydrogen) atoms. The van der Waals surface area contributed by atoms with Crippen LogP contribution in [0.15, 0.2) is 24.3 Å². The van der Waals surface area contributed by atoms with Crippen LogP contribution in [0.1, 0.15) is 32.8 Å². The fourth-order valence-electron chi connectivity index (χ4n) is 2.39.